The van der Waals surface area contributed by atoms with E-state index in [0.717, 1.165) is 53.3 Å². The van der Waals surface area contributed by atoms with Crippen LogP contribution in [-0.2, 0) is 6.18 Å². The van der Waals surface area contributed by atoms with Crippen molar-refractivity contribution in [2.24, 2.45) is 5.92 Å². The molecule has 1 atom stereocenters. The average molecular weight is 490 g/mol. The van der Waals surface area contributed by atoms with Gasteiger partial charge in [-0.1, -0.05) is 18.6 Å². The van der Waals surface area contributed by atoms with E-state index in [1.807, 2.05) is 24.3 Å². The topological polar surface area (TPSA) is 57.9 Å². The number of allylic oxidation sites excluding steroid dienone is 2. The molecule has 2 aliphatic carbocycles. The molecule has 1 heterocycles. The summed E-state index contributed by atoms with van der Waals surface area (Å²) in [5, 5.41) is 13.5. The molecule has 0 saturated heterocycles. The molecule has 0 amide bonds. The van der Waals surface area contributed by atoms with Gasteiger partial charge in [-0.15, -0.1) is 0 Å². The van der Waals surface area contributed by atoms with Crippen molar-refractivity contribution in [1.29, 1.82) is 5.26 Å². The molecule has 0 aliphatic heterocycles. The summed E-state index contributed by atoms with van der Waals surface area (Å²) >= 11 is 0. The second kappa shape index (κ2) is 9.34. The maximum Gasteiger partial charge on any atom is 0.421 e. The summed E-state index contributed by atoms with van der Waals surface area (Å²) in [6.45, 7) is 4.15. The van der Waals surface area contributed by atoms with Crippen LogP contribution in [0.25, 0.3) is 11.1 Å². The largest absolute Gasteiger partial charge is 0.438 e. The van der Waals surface area contributed by atoms with Crippen molar-refractivity contribution in [3.05, 3.63) is 83.0 Å². The molecule has 1 aromatic heterocycles. The van der Waals surface area contributed by atoms with E-state index >= 15 is 0 Å². The lowest BCUT2D eigenvalue weighted by molar-refractivity contribution is -0.138. The van der Waals surface area contributed by atoms with Crippen LogP contribution >= 0.6 is 0 Å². The smallest absolute Gasteiger partial charge is 0.421 e. The monoisotopic (exact) mass is 489 g/mol. The van der Waals surface area contributed by atoms with E-state index in [2.05, 4.69) is 30.2 Å². The Hall–Kier alpha value is -3.79. The Morgan fingerprint density at radius 2 is 1.83 bits per heavy atom. The molecule has 1 fully saturated rings. The fraction of sp³-hybridized carbons (Fsp3) is 0.310. The molecule has 2 aliphatic rings. The summed E-state index contributed by atoms with van der Waals surface area (Å²) in [6, 6.07) is 18.2. The van der Waals surface area contributed by atoms with Crippen LogP contribution in [0.3, 0.4) is 0 Å². The van der Waals surface area contributed by atoms with Gasteiger partial charge >= 0.3 is 6.18 Å². The van der Waals surface area contributed by atoms with Crippen LogP contribution in [0.5, 0.6) is 11.6 Å². The maximum absolute atomic E-state index is 13.5. The summed E-state index contributed by atoms with van der Waals surface area (Å²) in [4.78, 5) is 3.83. The molecule has 1 saturated carbocycles. The van der Waals surface area contributed by atoms with Crippen molar-refractivity contribution >= 4 is 16.8 Å². The standard InChI is InChI=1S/C29H26F3N3O/c1-17(2)35-20-10-8-19(9-11-20)27-24(16-33)22-13-12-21(15-23(22)26(27)18-5-3-6-18)36-28-25(29(30,31)32)7-4-14-34-28/h4,7-15,17-18,26,35H,3,5-6H2,1-2H3. The number of rotatable bonds is 6. The van der Waals surface area contributed by atoms with E-state index in [1.54, 1.807) is 18.2 Å². The van der Waals surface area contributed by atoms with Crippen molar-refractivity contribution in [2.45, 2.75) is 51.2 Å². The molecule has 1 unspecified atom stereocenters. The van der Waals surface area contributed by atoms with Crippen LogP contribution in [-0.4, -0.2) is 11.0 Å². The Morgan fingerprint density at radius 3 is 2.44 bits per heavy atom. The number of fused-ring (bicyclic) bond motifs is 1. The number of hydrogen-bond donors (Lipinski definition) is 1. The summed E-state index contributed by atoms with van der Waals surface area (Å²) in [7, 11) is 0. The Kier molecular flexibility index (Phi) is 6.21. The molecule has 2 aromatic carbocycles. The third kappa shape index (κ3) is 4.44. The highest BCUT2D eigenvalue weighted by atomic mass is 19.4. The number of nitrogens with zero attached hydrogens (tertiary/aromatic N) is 2. The number of nitriles is 1. The molecule has 0 radical (unpaired) electrons. The summed E-state index contributed by atoms with van der Waals surface area (Å²) in [5.74, 6) is 0.151. The van der Waals surface area contributed by atoms with Gasteiger partial charge in [-0.3, -0.25) is 0 Å². The lowest BCUT2D eigenvalue weighted by atomic mass is 9.70. The van der Waals surface area contributed by atoms with E-state index in [9.17, 15) is 18.4 Å². The third-order valence-electron chi connectivity index (χ3n) is 6.88. The number of benzene rings is 2. The van der Waals surface area contributed by atoms with Crippen LogP contribution in [0.15, 0.2) is 60.8 Å². The van der Waals surface area contributed by atoms with Gasteiger partial charge in [0.05, 0.1) is 5.57 Å². The lowest BCUT2D eigenvalue weighted by Crippen LogP contribution is -2.20. The fourth-order valence-electron chi connectivity index (χ4n) is 5.13. The second-order valence-electron chi connectivity index (χ2n) is 9.65. The number of pyridine rings is 1. The van der Waals surface area contributed by atoms with Crippen LogP contribution < -0.4 is 10.1 Å². The van der Waals surface area contributed by atoms with Crippen molar-refractivity contribution in [3.63, 3.8) is 0 Å². The first-order valence-electron chi connectivity index (χ1n) is 12.1. The van der Waals surface area contributed by atoms with Gasteiger partial charge in [0.1, 0.15) is 17.4 Å². The molecule has 4 nitrogen and oxygen atoms in total. The first kappa shape index (κ1) is 23.9. The molecule has 0 bridgehead atoms. The maximum atomic E-state index is 13.5. The quantitative estimate of drug-likeness (QED) is 0.381. The minimum atomic E-state index is -4.58. The zero-order valence-electron chi connectivity index (χ0n) is 20.1. The highest BCUT2D eigenvalue weighted by molar-refractivity contribution is 6.05. The predicted molar refractivity (Wildman–Crippen MR) is 133 cm³/mol. The number of ether oxygens (including phenoxy) is 1. The Labute approximate surface area is 208 Å². The summed E-state index contributed by atoms with van der Waals surface area (Å²) in [6.07, 6.45) is -0.0812. The van der Waals surface area contributed by atoms with Crippen LogP contribution in [0.1, 0.15) is 61.3 Å². The Bertz CT molecular complexity index is 1350. The first-order chi connectivity index (χ1) is 17.3. The van der Waals surface area contributed by atoms with Gasteiger partial charge in [0.15, 0.2) is 0 Å². The number of anilines is 1. The van der Waals surface area contributed by atoms with Gasteiger partial charge < -0.3 is 10.1 Å². The highest BCUT2D eigenvalue weighted by Crippen LogP contribution is 2.55. The lowest BCUT2D eigenvalue weighted by Gasteiger charge is -2.34. The average Bonchev–Trinajstić information content (AvgIpc) is 3.11. The highest BCUT2D eigenvalue weighted by Gasteiger charge is 2.40. The predicted octanol–water partition coefficient (Wildman–Crippen LogP) is 8.04. The van der Waals surface area contributed by atoms with E-state index in [1.165, 1.54) is 12.3 Å². The zero-order valence-corrected chi connectivity index (χ0v) is 20.1. The van der Waals surface area contributed by atoms with Crippen molar-refractivity contribution < 1.29 is 17.9 Å². The van der Waals surface area contributed by atoms with E-state index < -0.39 is 17.6 Å². The normalized spacial score (nSPS) is 17.5. The van der Waals surface area contributed by atoms with Gasteiger partial charge in [-0.25, -0.2) is 4.98 Å². The fourth-order valence-corrected chi connectivity index (χ4v) is 5.13. The van der Waals surface area contributed by atoms with E-state index in [0.29, 0.717) is 17.5 Å². The first-order valence-corrected chi connectivity index (χ1v) is 12.1. The van der Waals surface area contributed by atoms with Crippen molar-refractivity contribution in [1.82, 2.24) is 4.98 Å². The third-order valence-corrected chi connectivity index (χ3v) is 6.88. The molecule has 5 rings (SSSR count). The number of hydrogen-bond acceptors (Lipinski definition) is 4. The van der Waals surface area contributed by atoms with Crippen molar-refractivity contribution in [3.8, 4) is 17.7 Å². The molecule has 36 heavy (non-hydrogen) atoms. The Morgan fingerprint density at radius 1 is 1.08 bits per heavy atom. The minimum Gasteiger partial charge on any atom is -0.438 e. The molecular weight excluding hydrogens is 463 g/mol. The molecule has 184 valence electrons. The Balaban J connectivity index is 1.54. The summed E-state index contributed by atoms with van der Waals surface area (Å²) in [5.41, 5.74) is 4.42. The number of nitrogens with one attached hydrogen (secondary N) is 1. The molecule has 7 heteroatoms. The minimum absolute atomic E-state index is 0.0123. The SMILES string of the molecule is CC(C)Nc1ccc(C2=C(C#N)c3ccc(Oc4ncccc4C(F)(F)F)cc3C2C2CCC2)cc1. The molecular formula is C29H26F3N3O. The number of halogens is 3. The van der Waals surface area contributed by atoms with E-state index in [4.69, 9.17) is 4.74 Å². The number of aromatic nitrogens is 1. The van der Waals surface area contributed by atoms with Gasteiger partial charge in [0, 0.05) is 23.8 Å². The van der Waals surface area contributed by atoms with E-state index in [-0.39, 0.29) is 11.7 Å². The van der Waals surface area contributed by atoms with Gasteiger partial charge in [0.2, 0.25) is 5.88 Å². The van der Waals surface area contributed by atoms with Crippen LogP contribution in [0.4, 0.5) is 18.9 Å². The molecule has 0 spiro atoms. The van der Waals surface area contributed by atoms with Crippen LogP contribution in [0, 0.1) is 17.2 Å². The van der Waals surface area contributed by atoms with Gasteiger partial charge in [0.25, 0.3) is 0 Å². The summed E-state index contributed by atoms with van der Waals surface area (Å²) < 4.78 is 46.0. The molecule has 1 N–H and O–H groups in total. The zero-order chi connectivity index (χ0) is 25.4. The number of alkyl halides is 3. The molecule has 3 aromatic rings. The van der Waals surface area contributed by atoms with Crippen LogP contribution in [0.2, 0.25) is 0 Å². The van der Waals surface area contributed by atoms with Gasteiger partial charge in [-0.2, -0.15) is 18.4 Å². The second-order valence-corrected chi connectivity index (χ2v) is 9.65. The van der Waals surface area contributed by atoms with Crippen molar-refractivity contribution in [2.75, 3.05) is 5.32 Å². The van der Waals surface area contributed by atoms with Gasteiger partial charge in [-0.05, 0) is 97.3 Å².